The molecular weight excluding hydrogens is 523 g/mol. The van der Waals surface area contributed by atoms with Crippen LogP contribution in [0.2, 0.25) is 5.02 Å². The molecule has 9 heteroatoms. The van der Waals surface area contributed by atoms with E-state index in [9.17, 15) is 9.90 Å². The van der Waals surface area contributed by atoms with E-state index >= 15 is 0 Å². The molecular formula is C30H32ClN4NaO3. The first-order chi connectivity index (χ1) is 18.4. The molecule has 0 radical (unpaired) electrons. The number of carbonyl (C=O) groups excluding carboxylic acids is 1. The zero-order valence-electron chi connectivity index (χ0n) is 23.0. The Bertz CT molecular complexity index is 1470. The minimum Gasteiger partial charge on any atom is -0.550 e. The van der Waals surface area contributed by atoms with Crippen LogP contribution in [0.4, 0.5) is 0 Å². The van der Waals surface area contributed by atoms with E-state index in [1.54, 1.807) is 4.68 Å². The van der Waals surface area contributed by atoms with Gasteiger partial charge in [0, 0.05) is 43.6 Å². The van der Waals surface area contributed by atoms with Crippen LogP contribution in [0.25, 0.3) is 11.0 Å². The molecule has 4 aromatic rings. The van der Waals surface area contributed by atoms with E-state index in [0.717, 1.165) is 54.0 Å². The summed E-state index contributed by atoms with van der Waals surface area (Å²) in [4.78, 5) is 14.3. The molecule has 0 unspecified atom stereocenters. The van der Waals surface area contributed by atoms with Gasteiger partial charge < -0.3 is 14.6 Å². The van der Waals surface area contributed by atoms with Crippen molar-refractivity contribution in [2.45, 2.75) is 65.3 Å². The molecule has 1 aliphatic heterocycles. The first-order valence-electron chi connectivity index (χ1n) is 13.2. The van der Waals surface area contributed by atoms with Gasteiger partial charge in [-0.2, -0.15) is 0 Å². The van der Waals surface area contributed by atoms with Crippen LogP contribution < -0.4 is 39.4 Å². The maximum atomic E-state index is 11.9. The predicted molar refractivity (Wildman–Crippen MR) is 146 cm³/mol. The van der Waals surface area contributed by atoms with Gasteiger partial charge in [0.2, 0.25) is 0 Å². The van der Waals surface area contributed by atoms with Crippen LogP contribution in [0, 0.1) is 6.92 Å². The standard InChI is InChI=1S/C30H33ClN4O3.Na/c1-4-23-18-34(16-21-8-6-7-9-27(21)38-23)17-22-14-20(11-10-19(22)3)25(15-28(36)37)24-12-13-26-30(29(24)31)32-33-35(26)5-2;/h6-14,23,25H,4-5,15-18H2,1-3H3,(H,36,37);/q;+1/p-1/t23-,25-;/m1./s1. The molecule has 2 heterocycles. The molecule has 0 fully saturated rings. The molecule has 3 aromatic carbocycles. The topological polar surface area (TPSA) is 83.3 Å². The maximum absolute atomic E-state index is 11.9. The first-order valence-corrected chi connectivity index (χ1v) is 13.5. The number of benzene rings is 3. The van der Waals surface area contributed by atoms with Crippen LogP contribution in [0.1, 0.15) is 60.4 Å². The smallest absolute Gasteiger partial charge is 0.550 e. The summed E-state index contributed by atoms with van der Waals surface area (Å²) >= 11 is 6.81. The largest absolute Gasteiger partial charge is 1.00 e. The van der Waals surface area contributed by atoms with Crippen molar-refractivity contribution in [1.82, 2.24) is 19.9 Å². The van der Waals surface area contributed by atoms with Gasteiger partial charge in [0.1, 0.15) is 17.4 Å². The molecule has 2 atom stereocenters. The summed E-state index contributed by atoms with van der Waals surface area (Å²) in [5.41, 5.74) is 6.48. The van der Waals surface area contributed by atoms with Crippen molar-refractivity contribution in [2.24, 2.45) is 0 Å². The number of carboxylic acid groups (broad SMARTS) is 1. The first kappa shape index (κ1) is 29.6. The average Bonchev–Trinajstić information content (AvgIpc) is 3.24. The minimum absolute atomic E-state index is 0. The molecule has 5 rings (SSSR count). The molecule has 7 nitrogen and oxygen atoms in total. The van der Waals surface area contributed by atoms with Crippen molar-refractivity contribution in [2.75, 3.05) is 6.54 Å². The Morgan fingerprint density at radius 3 is 2.72 bits per heavy atom. The van der Waals surface area contributed by atoms with Crippen LogP contribution in [-0.4, -0.2) is 38.5 Å². The number of aliphatic carboxylic acids is 1. The van der Waals surface area contributed by atoms with Gasteiger partial charge in [0.05, 0.1) is 10.5 Å². The summed E-state index contributed by atoms with van der Waals surface area (Å²) in [7, 11) is 0. The number of carbonyl (C=O) groups is 1. The number of fused-ring (bicyclic) bond motifs is 2. The van der Waals surface area contributed by atoms with Crippen LogP contribution >= 0.6 is 11.6 Å². The van der Waals surface area contributed by atoms with Gasteiger partial charge in [-0.15, -0.1) is 5.10 Å². The maximum Gasteiger partial charge on any atom is 1.00 e. The van der Waals surface area contributed by atoms with E-state index in [4.69, 9.17) is 16.3 Å². The van der Waals surface area contributed by atoms with Crippen LogP contribution in [0.3, 0.4) is 0 Å². The van der Waals surface area contributed by atoms with Gasteiger partial charge in [0.25, 0.3) is 0 Å². The van der Waals surface area contributed by atoms with Crippen molar-refractivity contribution < 1.29 is 44.2 Å². The number of para-hydroxylation sites is 1. The van der Waals surface area contributed by atoms with E-state index in [1.807, 2.05) is 43.3 Å². The number of aryl methyl sites for hydroxylation is 2. The SMILES string of the molecule is CC[C@@H]1CN(Cc2cc([C@@H](CC(=O)[O-])c3ccc4c(nnn4CC)c3Cl)ccc2C)Cc2ccccc2O1.[Na+]. The molecule has 0 spiro atoms. The summed E-state index contributed by atoms with van der Waals surface area (Å²) in [6.45, 7) is 9.22. The molecule has 0 bridgehead atoms. The Morgan fingerprint density at radius 1 is 1.18 bits per heavy atom. The predicted octanol–water partition coefficient (Wildman–Crippen LogP) is 1.86. The third kappa shape index (κ3) is 6.34. The van der Waals surface area contributed by atoms with Crippen molar-refractivity contribution in [3.8, 4) is 5.75 Å². The van der Waals surface area contributed by atoms with Crippen LogP contribution in [0.5, 0.6) is 5.75 Å². The number of hydrogen-bond donors (Lipinski definition) is 0. The minimum atomic E-state index is -1.13. The summed E-state index contributed by atoms with van der Waals surface area (Å²) in [5, 5.41) is 20.7. The monoisotopic (exact) mass is 554 g/mol. The van der Waals surface area contributed by atoms with E-state index in [0.29, 0.717) is 22.6 Å². The molecule has 0 aliphatic carbocycles. The molecule has 0 amide bonds. The van der Waals surface area contributed by atoms with E-state index in [2.05, 4.69) is 47.3 Å². The Labute approximate surface area is 256 Å². The summed E-state index contributed by atoms with van der Waals surface area (Å²) in [5.74, 6) is -0.649. The number of carboxylic acids is 1. The third-order valence-electron chi connectivity index (χ3n) is 7.45. The zero-order chi connectivity index (χ0) is 26.8. The molecule has 39 heavy (non-hydrogen) atoms. The van der Waals surface area contributed by atoms with Crippen molar-refractivity contribution >= 4 is 28.6 Å². The number of rotatable bonds is 8. The Hall–Kier alpha value is -2.42. The Balaban J connectivity index is 0.00000353. The molecule has 1 aliphatic rings. The quantitative estimate of drug-likeness (QED) is 0.309. The van der Waals surface area contributed by atoms with Crippen molar-refractivity contribution in [1.29, 1.82) is 0 Å². The summed E-state index contributed by atoms with van der Waals surface area (Å²) in [6.07, 6.45) is 0.842. The van der Waals surface area contributed by atoms with Gasteiger partial charge in [-0.05, 0) is 61.1 Å². The Morgan fingerprint density at radius 2 is 1.97 bits per heavy atom. The van der Waals surface area contributed by atoms with E-state index in [1.165, 1.54) is 5.56 Å². The van der Waals surface area contributed by atoms with Crippen molar-refractivity contribution in [3.05, 3.63) is 87.4 Å². The van der Waals surface area contributed by atoms with Gasteiger partial charge in [-0.3, -0.25) is 4.90 Å². The fourth-order valence-electron chi connectivity index (χ4n) is 5.31. The number of hydrogen-bond acceptors (Lipinski definition) is 6. The number of aromatic nitrogens is 3. The average molecular weight is 555 g/mol. The van der Waals surface area contributed by atoms with Crippen LogP contribution in [0.15, 0.2) is 54.6 Å². The molecule has 0 N–H and O–H groups in total. The van der Waals surface area contributed by atoms with Gasteiger partial charge in [-0.1, -0.05) is 66.2 Å². The second-order valence-corrected chi connectivity index (χ2v) is 10.4. The zero-order valence-corrected chi connectivity index (χ0v) is 25.7. The van der Waals surface area contributed by atoms with E-state index < -0.39 is 11.9 Å². The Kier molecular flexibility index (Phi) is 9.73. The number of ether oxygens (including phenoxy) is 1. The van der Waals surface area contributed by atoms with Gasteiger partial charge >= 0.3 is 29.6 Å². The second-order valence-electron chi connectivity index (χ2n) is 9.98. The normalized spacial score (nSPS) is 16.2. The van der Waals surface area contributed by atoms with Crippen LogP contribution in [-0.2, 0) is 24.4 Å². The molecule has 0 saturated heterocycles. The second kappa shape index (κ2) is 12.8. The fraction of sp³-hybridized carbons (Fsp3) is 0.367. The molecule has 198 valence electrons. The van der Waals surface area contributed by atoms with Gasteiger partial charge in [0.15, 0.2) is 0 Å². The van der Waals surface area contributed by atoms with E-state index in [-0.39, 0.29) is 42.1 Å². The molecule has 1 aromatic heterocycles. The number of halogens is 1. The van der Waals surface area contributed by atoms with Crippen molar-refractivity contribution in [3.63, 3.8) is 0 Å². The molecule has 0 saturated carbocycles. The summed E-state index contributed by atoms with van der Waals surface area (Å²) in [6, 6.07) is 18.2. The fourth-order valence-corrected chi connectivity index (χ4v) is 5.64. The number of nitrogens with zero attached hydrogens (tertiary/aromatic N) is 4. The summed E-state index contributed by atoms with van der Waals surface area (Å²) < 4.78 is 8.06. The van der Waals surface area contributed by atoms with Gasteiger partial charge in [-0.25, -0.2) is 4.68 Å². The third-order valence-corrected chi connectivity index (χ3v) is 7.85.